The molecule has 0 heterocycles. The molecule has 3 rings (SSSR count). The van der Waals surface area contributed by atoms with Crippen molar-refractivity contribution >= 4 is 41.7 Å². The highest BCUT2D eigenvalue weighted by atomic mass is 32.2. The standard InChI is InChI=1S/C34H43N3O3S/c1-3-16-32(34(40)35-27-39)36(2)25-31-28(26-38)17-15-22-33(31)41-24-14-6-4-5-13-23-37(29-18-9-7-10-19-29)30-20-11-8-12-21-30/h7-12,15,17-22,26-27,32H,3-6,13-14,16,23-25H2,1-2H3,(H,35,39,40). The molecule has 7 heteroatoms. The number of thioether (sulfide) groups is 1. The van der Waals surface area contributed by atoms with Crippen LogP contribution in [0.15, 0.2) is 83.8 Å². The Morgan fingerprint density at radius 3 is 2.10 bits per heavy atom. The van der Waals surface area contributed by atoms with Crippen molar-refractivity contribution in [1.29, 1.82) is 0 Å². The zero-order valence-corrected chi connectivity index (χ0v) is 25.2. The van der Waals surface area contributed by atoms with Crippen LogP contribution in [0.5, 0.6) is 0 Å². The lowest BCUT2D eigenvalue weighted by Crippen LogP contribution is -2.44. The number of rotatable bonds is 19. The number of hydrogen-bond acceptors (Lipinski definition) is 6. The number of carbonyl (C=O) groups excluding carboxylic acids is 3. The van der Waals surface area contributed by atoms with Crippen molar-refractivity contribution in [3.05, 3.63) is 90.0 Å². The van der Waals surface area contributed by atoms with Gasteiger partial charge >= 0.3 is 0 Å². The molecule has 0 spiro atoms. The fourth-order valence-corrected chi connectivity index (χ4v) is 6.14. The highest BCUT2D eigenvalue weighted by Crippen LogP contribution is 2.29. The van der Waals surface area contributed by atoms with Crippen LogP contribution in [-0.4, -0.2) is 48.9 Å². The fourth-order valence-electron chi connectivity index (χ4n) is 5.04. The molecule has 2 amide bonds. The van der Waals surface area contributed by atoms with E-state index < -0.39 is 6.04 Å². The summed E-state index contributed by atoms with van der Waals surface area (Å²) in [7, 11) is 1.87. The average molecular weight is 574 g/mol. The fraction of sp³-hybridized carbons (Fsp3) is 0.382. The van der Waals surface area contributed by atoms with Gasteiger partial charge in [-0.2, -0.15) is 0 Å². The highest BCUT2D eigenvalue weighted by Gasteiger charge is 2.23. The van der Waals surface area contributed by atoms with Crippen LogP contribution in [0.1, 0.15) is 67.8 Å². The summed E-state index contributed by atoms with van der Waals surface area (Å²) in [5.74, 6) is 0.668. The predicted molar refractivity (Wildman–Crippen MR) is 170 cm³/mol. The van der Waals surface area contributed by atoms with E-state index in [4.69, 9.17) is 0 Å². The van der Waals surface area contributed by atoms with E-state index in [1.54, 1.807) is 11.8 Å². The summed E-state index contributed by atoms with van der Waals surface area (Å²) >= 11 is 1.78. The molecule has 0 aliphatic carbocycles. The van der Waals surface area contributed by atoms with Crippen LogP contribution in [0.2, 0.25) is 0 Å². The summed E-state index contributed by atoms with van der Waals surface area (Å²) in [5.41, 5.74) is 4.03. The Balaban J connectivity index is 1.48. The van der Waals surface area contributed by atoms with E-state index >= 15 is 0 Å². The van der Waals surface area contributed by atoms with Crippen LogP contribution in [-0.2, 0) is 16.1 Å². The summed E-state index contributed by atoms with van der Waals surface area (Å²) in [5, 5.41) is 2.29. The number of carbonyl (C=O) groups is 3. The Morgan fingerprint density at radius 1 is 0.854 bits per heavy atom. The first-order chi connectivity index (χ1) is 20.1. The first-order valence-corrected chi connectivity index (χ1v) is 15.6. The van der Waals surface area contributed by atoms with Crippen molar-refractivity contribution in [1.82, 2.24) is 10.2 Å². The van der Waals surface area contributed by atoms with E-state index in [1.165, 1.54) is 24.2 Å². The third-order valence-corrected chi connectivity index (χ3v) is 8.41. The number of anilines is 2. The molecular weight excluding hydrogens is 530 g/mol. The van der Waals surface area contributed by atoms with E-state index in [0.29, 0.717) is 24.9 Å². The number of amides is 2. The van der Waals surface area contributed by atoms with Crippen LogP contribution in [0, 0.1) is 0 Å². The second kappa shape index (κ2) is 18.1. The Kier molecular flexibility index (Phi) is 14.2. The first-order valence-electron chi connectivity index (χ1n) is 14.6. The van der Waals surface area contributed by atoms with E-state index in [1.807, 2.05) is 31.0 Å². The number of nitrogens with one attached hydrogen (secondary N) is 1. The molecule has 6 nitrogen and oxygen atoms in total. The normalized spacial score (nSPS) is 11.7. The van der Waals surface area contributed by atoms with Crippen LogP contribution in [0.3, 0.4) is 0 Å². The van der Waals surface area contributed by atoms with Gasteiger partial charge in [-0.25, -0.2) is 0 Å². The Bertz CT molecular complexity index is 1170. The molecule has 41 heavy (non-hydrogen) atoms. The van der Waals surface area contributed by atoms with Crippen molar-refractivity contribution in [2.45, 2.75) is 69.4 Å². The smallest absolute Gasteiger partial charge is 0.243 e. The van der Waals surface area contributed by atoms with Crippen molar-refractivity contribution in [3.63, 3.8) is 0 Å². The van der Waals surface area contributed by atoms with Crippen molar-refractivity contribution < 1.29 is 14.4 Å². The van der Waals surface area contributed by atoms with Crippen LogP contribution >= 0.6 is 11.8 Å². The number of likely N-dealkylation sites (N-methyl/N-ethyl adjacent to an activating group) is 1. The predicted octanol–water partition coefficient (Wildman–Crippen LogP) is 7.25. The topological polar surface area (TPSA) is 69.7 Å². The first kappa shape index (κ1) is 32.1. The number of para-hydroxylation sites is 2. The summed E-state index contributed by atoms with van der Waals surface area (Å²) in [4.78, 5) is 40.5. The van der Waals surface area contributed by atoms with Crippen molar-refractivity contribution in [3.8, 4) is 0 Å². The summed E-state index contributed by atoms with van der Waals surface area (Å²) in [6.45, 7) is 3.47. The number of unbranched alkanes of at least 4 members (excludes halogenated alkanes) is 4. The van der Waals surface area contributed by atoms with Crippen molar-refractivity contribution in [2.24, 2.45) is 0 Å². The molecule has 0 aromatic heterocycles. The van der Waals surface area contributed by atoms with Gasteiger partial charge in [0.2, 0.25) is 12.3 Å². The molecule has 1 unspecified atom stereocenters. The minimum atomic E-state index is -0.428. The van der Waals surface area contributed by atoms with Gasteiger partial charge in [-0.3, -0.25) is 24.6 Å². The molecule has 3 aromatic rings. The summed E-state index contributed by atoms with van der Waals surface area (Å²) in [6, 6.07) is 26.5. The lowest BCUT2D eigenvalue weighted by Gasteiger charge is -2.27. The maximum atomic E-state index is 12.4. The third kappa shape index (κ3) is 10.2. The number of hydrogen-bond donors (Lipinski definition) is 1. The zero-order valence-electron chi connectivity index (χ0n) is 24.3. The van der Waals surface area contributed by atoms with Gasteiger partial charge in [0.05, 0.1) is 6.04 Å². The molecular formula is C34H43N3O3S. The van der Waals surface area contributed by atoms with Gasteiger partial charge in [0.25, 0.3) is 0 Å². The molecule has 0 saturated heterocycles. The lowest BCUT2D eigenvalue weighted by molar-refractivity contribution is -0.129. The quantitative estimate of drug-likeness (QED) is 0.0925. The zero-order chi connectivity index (χ0) is 29.3. The molecule has 0 saturated carbocycles. The molecule has 0 bridgehead atoms. The van der Waals surface area contributed by atoms with Gasteiger partial charge in [0.1, 0.15) is 6.29 Å². The van der Waals surface area contributed by atoms with E-state index in [0.717, 1.165) is 54.7 Å². The Morgan fingerprint density at radius 2 is 1.49 bits per heavy atom. The Hall–Kier alpha value is -3.42. The largest absolute Gasteiger partial charge is 0.341 e. The van der Waals surface area contributed by atoms with Crippen LogP contribution in [0.4, 0.5) is 11.4 Å². The van der Waals surface area contributed by atoms with Gasteiger partial charge in [-0.1, -0.05) is 81.1 Å². The Labute approximate surface area is 249 Å². The highest BCUT2D eigenvalue weighted by molar-refractivity contribution is 7.99. The maximum absolute atomic E-state index is 12.4. The van der Waals surface area contributed by atoms with Crippen LogP contribution < -0.4 is 10.2 Å². The SMILES string of the molecule is CCCC(C(=O)NC=O)N(C)Cc1c(C=O)cccc1SCCCCCCCN(c1ccccc1)c1ccccc1. The molecule has 0 aliphatic heterocycles. The minimum Gasteiger partial charge on any atom is -0.341 e. The average Bonchev–Trinajstić information content (AvgIpc) is 3.00. The third-order valence-electron chi connectivity index (χ3n) is 7.22. The van der Waals surface area contributed by atoms with Gasteiger partial charge in [0.15, 0.2) is 0 Å². The van der Waals surface area contributed by atoms with E-state index in [2.05, 4.69) is 76.9 Å². The van der Waals surface area contributed by atoms with Crippen LogP contribution in [0.25, 0.3) is 0 Å². The van der Waals surface area contributed by atoms with Gasteiger partial charge < -0.3 is 4.90 Å². The molecule has 1 atom stereocenters. The molecule has 218 valence electrons. The maximum Gasteiger partial charge on any atom is 0.243 e. The number of benzene rings is 3. The summed E-state index contributed by atoms with van der Waals surface area (Å²) in [6.07, 6.45) is 8.54. The monoisotopic (exact) mass is 573 g/mol. The summed E-state index contributed by atoms with van der Waals surface area (Å²) < 4.78 is 0. The molecule has 1 N–H and O–H groups in total. The van der Waals surface area contributed by atoms with E-state index in [9.17, 15) is 14.4 Å². The number of imide groups is 1. The number of nitrogens with zero attached hydrogens (tertiary/aromatic N) is 2. The second-order valence-electron chi connectivity index (χ2n) is 10.2. The molecule has 0 aliphatic rings. The van der Waals surface area contributed by atoms with E-state index in [-0.39, 0.29) is 5.91 Å². The van der Waals surface area contributed by atoms with Crippen molar-refractivity contribution in [2.75, 3.05) is 24.2 Å². The molecule has 3 aromatic carbocycles. The second-order valence-corrected chi connectivity index (χ2v) is 11.4. The van der Waals surface area contributed by atoms with Gasteiger partial charge in [-0.05, 0) is 68.0 Å². The van der Waals surface area contributed by atoms with Gasteiger partial charge in [0, 0.05) is 34.9 Å². The van der Waals surface area contributed by atoms with Gasteiger partial charge in [-0.15, -0.1) is 11.8 Å². The molecule has 0 fully saturated rings. The minimum absolute atomic E-state index is 0.308. The number of aldehydes is 1. The molecule has 0 radical (unpaired) electrons. The lowest BCUT2D eigenvalue weighted by atomic mass is 10.1.